The molecule has 0 spiro atoms. The molecule has 43 heavy (non-hydrogen) atoms. The molecule has 0 fully saturated rings. The Hall–Kier alpha value is -4.76. The molecule has 2 heteroatoms. The molecule has 2 atom stereocenters. The summed E-state index contributed by atoms with van der Waals surface area (Å²) in [6.45, 7) is 4.69. The van der Waals surface area contributed by atoms with Gasteiger partial charge in [0, 0.05) is 5.41 Å². The van der Waals surface area contributed by atoms with E-state index in [1.165, 1.54) is 55.3 Å². The Morgan fingerprint density at radius 1 is 0.605 bits per heavy atom. The minimum Gasteiger partial charge on any atom is -0.312 e. The van der Waals surface area contributed by atoms with Crippen molar-refractivity contribution in [2.75, 3.05) is 0 Å². The fourth-order valence-electron chi connectivity index (χ4n) is 6.57. The lowest BCUT2D eigenvalue weighted by molar-refractivity contribution is 0.509. The Morgan fingerprint density at radius 3 is 1.95 bits per heavy atom. The highest BCUT2D eigenvalue weighted by molar-refractivity contribution is 5.95. The van der Waals surface area contributed by atoms with Gasteiger partial charge in [-0.25, -0.2) is 0 Å². The summed E-state index contributed by atoms with van der Waals surface area (Å²) in [5, 5.41) is 6.26. The second kappa shape index (κ2) is 11.1. The molecule has 6 aromatic carbocycles. The first-order valence-corrected chi connectivity index (χ1v) is 15.1. The van der Waals surface area contributed by atoms with Crippen molar-refractivity contribution < 1.29 is 0 Å². The highest BCUT2D eigenvalue weighted by atomic mass is 15.0. The fraction of sp³-hybridized carbons (Fsp3) is 0.122. The van der Waals surface area contributed by atoms with Gasteiger partial charge in [0.2, 0.25) is 0 Å². The van der Waals surface area contributed by atoms with Crippen molar-refractivity contribution in [3.63, 3.8) is 0 Å². The van der Waals surface area contributed by atoms with Gasteiger partial charge in [0.05, 0.1) is 12.2 Å². The topological polar surface area (TPSA) is 38.0 Å². The van der Waals surface area contributed by atoms with Gasteiger partial charge < -0.3 is 5.73 Å². The van der Waals surface area contributed by atoms with Crippen LogP contribution in [0.25, 0.3) is 39.1 Å². The molecule has 210 valence electrons. The van der Waals surface area contributed by atoms with Gasteiger partial charge in [-0.15, -0.1) is 0 Å². The van der Waals surface area contributed by atoms with E-state index in [-0.39, 0.29) is 17.6 Å². The SMILES string of the molecule is CC1(C)c2cc3ccccc3cc2-c2c(/C=C/C(NC(N)c3ccccc3)c3ccc(-c4ccccc4)cc3)cccc21. The third-order valence-electron chi connectivity index (χ3n) is 8.96. The minimum absolute atomic E-state index is 0.0703. The maximum Gasteiger partial charge on any atom is 0.0817 e. The van der Waals surface area contributed by atoms with Crippen LogP contribution in [0.3, 0.4) is 0 Å². The summed E-state index contributed by atoms with van der Waals surface area (Å²) in [5.41, 5.74) is 17.9. The minimum atomic E-state index is -0.308. The van der Waals surface area contributed by atoms with E-state index < -0.39 is 0 Å². The van der Waals surface area contributed by atoms with E-state index in [1.807, 2.05) is 18.2 Å². The van der Waals surface area contributed by atoms with Crippen LogP contribution < -0.4 is 11.1 Å². The summed E-state index contributed by atoms with van der Waals surface area (Å²) in [6, 6.07) is 49.6. The maximum absolute atomic E-state index is 6.72. The lowest BCUT2D eigenvalue weighted by atomic mass is 9.81. The molecule has 0 heterocycles. The quantitative estimate of drug-likeness (QED) is 0.192. The van der Waals surface area contributed by atoms with E-state index in [2.05, 4.69) is 153 Å². The molecule has 0 aliphatic heterocycles. The summed E-state index contributed by atoms with van der Waals surface area (Å²) in [5.74, 6) is 0. The highest BCUT2D eigenvalue weighted by Crippen LogP contribution is 2.51. The van der Waals surface area contributed by atoms with Crippen LogP contribution in [0, 0.1) is 0 Å². The average Bonchev–Trinajstić information content (AvgIpc) is 3.28. The fourth-order valence-corrected chi connectivity index (χ4v) is 6.57. The number of rotatable bonds is 7. The molecule has 2 nitrogen and oxygen atoms in total. The second-order valence-electron chi connectivity index (χ2n) is 12.0. The molecule has 3 N–H and O–H groups in total. The van der Waals surface area contributed by atoms with Gasteiger partial charge in [0.15, 0.2) is 0 Å². The first-order chi connectivity index (χ1) is 21.0. The van der Waals surface area contributed by atoms with Gasteiger partial charge in [0.25, 0.3) is 0 Å². The smallest absolute Gasteiger partial charge is 0.0817 e. The van der Waals surface area contributed by atoms with Gasteiger partial charge >= 0.3 is 0 Å². The monoisotopic (exact) mass is 556 g/mol. The Bertz CT molecular complexity index is 1920. The number of hydrogen-bond donors (Lipinski definition) is 2. The zero-order valence-corrected chi connectivity index (χ0v) is 24.7. The molecule has 1 aliphatic carbocycles. The van der Waals surface area contributed by atoms with E-state index in [1.54, 1.807) is 0 Å². The maximum atomic E-state index is 6.72. The number of hydrogen-bond acceptors (Lipinski definition) is 2. The van der Waals surface area contributed by atoms with Crippen molar-refractivity contribution in [2.24, 2.45) is 5.73 Å². The second-order valence-corrected chi connectivity index (χ2v) is 12.0. The van der Waals surface area contributed by atoms with Crippen molar-refractivity contribution in [3.05, 3.63) is 173 Å². The van der Waals surface area contributed by atoms with Gasteiger partial charge in [-0.1, -0.05) is 153 Å². The molecule has 0 bridgehead atoms. The van der Waals surface area contributed by atoms with Crippen molar-refractivity contribution in [1.82, 2.24) is 5.32 Å². The summed E-state index contributed by atoms with van der Waals surface area (Å²) in [4.78, 5) is 0. The first kappa shape index (κ1) is 27.1. The predicted molar refractivity (Wildman–Crippen MR) is 182 cm³/mol. The van der Waals surface area contributed by atoms with Crippen LogP contribution in [0.15, 0.2) is 146 Å². The van der Waals surface area contributed by atoms with Gasteiger partial charge in [-0.05, 0) is 73.0 Å². The molecule has 0 radical (unpaired) electrons. The lowest BCUT2D eigenvalue weighted by Gasteiger charge is -2.22. The molecular formula is C41H36N2. The van der Waals surface area contributed by atoms with Crippen LogP contribution in [0.2, 0.25) is 0 Å². The van der Waals surface area contributed by atoms with Crippen LogP contribution in [0.5, 0.6) is 0 Å². The number of benzene rings is 6. The molecule has 0 saturated heterocycles. The Labute approximate surface area is 254 Å². The highest BCUT2D eigenvalue weighted by Gasteiger charge is 2.36. The average molecular weight is 557 g/mol. The Balaban J connectivity index is 1.29. The molecule has 0 saturated carbocycles. The number of nitrogens with one attached hydrogen (secondary N) is 1. The van der Waals surface area contributed by atoms with Crippen LogP contribution in [-0.4, -0.2) is 0 Å². The van der Waals surface area contributed by atoms with Gasteiger partial charge in [-0.3, -0.25) is 5.32 Å². The molecule has 2 unspecified atom stereocenters. The normalized spacial score (nSPS) is 14.9. The van der Waals surface area contributed by atoms with Gasteiger partial charge in [-0.2, -0.15) is 0 Å². The predicted octanol–water partition coefficient (Wildman–Crippen LogP) is 9.81. The summed E-state index contributed by atoms with van der Waals surface area (Å²) in [6.07, 6.45) is 4.24. The lowest BCUT2D eigenvalue weighted by Crippen LogP contribution is -2.31. The zero-order valence-electron chi connectivity index (χ0n) is 24.7. The van der Waals surface area contributed by atoms with Crippen molar-refractivity contribution in [3.8, 4) is 22.3 Å². The summed E-state index contributed by atoms with van der Waals surface area (Å²) < 4.78 is 0. The third-order valence-corrected chi connectivity index (χ3v) is 8.96. The summed E-state index contributed by atoms with van der Waals surface area (Å²) >= 11 is 0. The molecular weight excluding hydrogens is 520 g/mol. The van der Waals surface area contributed by atoms with Crippen molar-refractivity contribution in [1.29, 1.82) is 0 Å². The first-order valence-electron chi connectivity index (χ1n) is 15.1. The molecule has 7 rings (SSSR count). The van der Waals surface area contributed by atoms with E-state index in [0.29, 0.717) is 0 Å². The van der Waals surface area contributed by atoms with E-state index in [4.69, 9.17) is 5.73 Å². The van der Waals surface area contributed by atoms with Crippen molar-refractivity contribution in [2.45, 2.75) is 31.5 Å². The molecule has 1 aliphatic rings. The summed E-state index contributed by atoms with van der Waals surface area (Å²) in [7, 11) is 0. The molecule has 6 aromatic rings. The zero-order chi connectivity index (χ0) is 29.4. The van der Waals surface area contributed by atoms with Crippen LogP contribution >= 0.6 is 0 Å². The van der Waals surface area contributed by atoms with Crippen LogP contribution in [-0.2, 0) is 5.41 Å². The molecule has 0 amide bonds. The van der Waals surface area contributed by atoms with Crippen molar-refractivity contribution >= 4 is 16.8 Å². The number of nitrogens with two attached hydrogens (primary N) is 1. The Morgan fingerprint density at radius 2 is 1.23 bits per heavy atom. The standard InChI is InChI=1S/C41H36N2/c1-41(2)36-19-11-18-31(39(36)35-26-33-16-9-10-17-34(33)27-37(35)41)24-25-38(43-40(42)32-14-7-4-8-15-32)30-22-20-29(21-23-30)28-12-5-3-6-13-28/h3-27,38,40,43H,42H2,1-2H3/b25-24+. The van der Waals surface area contributed by atoms with Crippen LogP contribution in [0.1, 0.15) is 53.9 Å². The van der Waals surface area contributed by atoms with E-state index in [9.17, 15) is 0 Å². The molecule has 0 aromatic heterocycles. The third kappa shape index (κ3) is 5.10. The van der Waals surface area contributed by atoms with E-state index in [0.717, 1.165) is 5.56 Å². The number of fused-ring (bicyclic) bond motifs is 4. The van der Waals surface area contributed by atoms with Gasteiger partial charge in [0.1, 0.15) is 0 Å². The van der Waals surface area contributed by atoms with Crippen LogP contribution in [0.4, 0.5) is 0 Å². The Kier molecular flexibility index (Phi) is 7.02. The largest absolute Gasteiger partial charge is 0.312 e. The van der Waals surface area contributed by atoms with E-state index >= 15 is 0 Å².